The second kappa shape index (κ2) is 5.56. The van der Waals surface area contributed by atoms with Crippen molar-refractivity contribution in [1.82, 2.24) is 0 Å². The quantitative estimate of drug-likeness (QED) is 0.875. The van der Waals surface area contributed by atoms with Crippen LogP contribution in [-0.4, -0.2) is 5.11 Å². The fourth-order valence-electron chi connectivity index (χ4n) is 1.61. The monoisotopic (exact) mass is 246 g/mol. The standard InChI is InChI=1S/C15H12F2O/c16-13-5-1-3-11(9-13)7-8-15(18)12-4-2-6-14(17)10-12/h1-10,15,18H/b8-7+. The molecule has 0 aliphatic heterocycles. The van der Waals surface area contributed by atoms with E-state index in [2.05, 4.69) is 0 Å². The molecule has 18 heavy (non-hydrogen) atoms. The zero-order valence-corrected chi connectivity index (χ0v) is 9.55. The van der Waals surface area contributed by atoms with Crippen LogP contribution >= 0.6 is 0 Å². The lowest BCUT2D eigenvalue weighted by atomic mass is 10.1. The summed E-state index contributed by atoms with van der Waals surface area (Å²) in [5.74, 6) is -0.733. The Morgan fingerprint density at radius 3 is 2.28 bits per heavy atom. The second-order valence-corrected chi connectivity index (χ2v) is 3.91. The number of hydrogen-bond donors (Lipinski definition) is 1. The maximum atomic E-state index is 13.0. The Morgan fingerprint density at radius 1 is 0.944 bits per heavy atom. The van der Waals surface area contributed by atoms with Crippen molar-refractivity contribution in [3.05, 3.63) is 77.4 Å². The van der Waals surface area contributed by atoms with Crippen LogP contribution in [0.2, 0.25) is 0 Å². The van der Waals surface area contributed by atoms with E-state index in [1.165, 1.54) is 36.4 Å². The van der Waals surface area contributed by atoms with Crippen LogP contribution in [0.3, 0.4) is 0 Å². The fourth-order valence-corrected chi connectivity index (χ4v) is 1.61. The van der Waals surface area contributed by atoms with E-state index in [-0.39, 0.29) is 5.82 Å². The molecular formula is C15H12F2O. The molecule has 0 radical (unpaired) electrons. The summed E-state index contributed by atoms with van der Waals surface area (Å²) in [4.78, 5) is 0. The number of aliphatic hydroxyl groups is 1. The maximum Gasteiger partial charge on any atom is 0.123 e. The lowest BCUT2D eigenvalue weighted by Gasteiger charge is -2.05. The first kappa shape index (κ1) is 12.5. The van der Waals surface area contributed by atoms with Gasteiger partial charge in [0.15, 0.2) is 0 Å². The molecule has 1 nitrogen and oxygen atoms in total. The van der Waals surface area contributed by atoms with Crippen LogP contribution in [-0.2, 0) is 0 Å². The predicted molar refractivity (Wildman–Crippen MR) is 66.8 cm³/mol. The highest BCUT2D eigenvalue weighted by Crippen LogP contribution is 2.17. The second-order valence-electron chi connectivity index (χ2n) is 3.91. The van der Waals surface area contributed by atoms with Gasteiger partial charge in [0, 0.05) is 0 Å². The highest BCUT2D eigenvalue weighted by Gasteiger charge is 2.03. The lowest BCUT2D eigenvalue weighted by molar-refractivity contribution is 0.229. The summed E-state index contributed by atoms with van der Waals surface area (Å²) in [7, 11) is 0. The summed E-state index contributed by atoms with van der Waals surface area (Å²) in [5, 5.41) is 9.83. The van der Waals surface area contributed by atoms with Crippen molar-refractivity contribution in [2.24, 2.45) is 0 Å². The molecule has 0 saturated heterocycles. The van der Waals surface area contributed by atoms with Gasteiger partial charge in [0.25, 0.3) is 0 Å². The van der Waals surface area contributed by atoms with E-state index in [9.17, 15) is 13.9 Å². The molecule has 0 aromatic heterocycles. The molecule has 0 aliphatic rings. The third-order valence-electron chi connectivity index (χ3n) is 2.51. The van der Waals surface area contributed by atoms with Crippen molar-refractivity contribution in [1.29, 1.82) is 0 Å². The third-order valence-corrected chi connectivity index (χ3v) is 2.51. The van der Waals surface area contributed by atoms with Gasteiger partial charge in [0.2, 0.25) is 0 Å². The molecule has 2 aromatic rings. The molecule has 0 saturated carbocycles. The molecule has 3 heteroatoms. The van der Waals surface area contributed by atoms with E-state index in [1.807, 2.05) is 0 Å². The third kappa shape index (κ3) is 3.25. The average molecular weight is 246 g/mol. The number of rotatable bonds is 3. The Kier molecular flexibility index (Phi) is 3.85. The SMILES string of the molecule is OC(/C=C/c1cccc(F)c1)c1cccc(F)c1. The number of hydrogen-bond acceptors (Lipinski definition) is 1. The molecule has 0 heterocycles. The van der Waals surface area contributed by atoms with E-state index in [0.717, 1.165) is 0 Å². The first-order chi connectivity index (χ1) is 8.65. The molecule has 1 unspecified atom stereocenters. The molecule has 2 aromatic carbocycles. The van der Waals surface area contributed by atoms with Crippen LogP contribution in [0.1, 0.15) is 17.2 Å². The molecule has 1 atom stereocenters. The van der Waals surface area contributed by atoms with Gasteiger partial charge in [-0.25, -0.2) is 8.78 Å². The summed E-state index contributed by atoms with van der Waals surface area (Å²) >= 11 is 0. The van der Waals surface area contributed by atoms with Crippen molar-refractivity contribution in [3.63, 3.8) is 0 Å². The number of halogens is 2. The van der Waals surface area contributed by atoms with Gasteiger partial charge in [0.05, 0.1) is 6.10 Å². The Hall–Kier alpha value is -2.00. The van der Waals surface area contributed by atoms with Crippen molar-refractivity contribution < 1.29 is 13.9 Å². The van der Waals surface area contributed by atoms with Gasteiger partial charge in [-0.15, -0.1) is 0 Å². The van der Waals surface area contributed by atoms with E-state index in [4.69, 9.17) is 0 Å². The first-order valence-corrected chi connectivity index (χ1v) is 5.52. The van der Waals surface area contributed by atoms with E-state index >= 15 is 0 Å². The maximum absolute atomic E-state index is 13.0. The molecular weight excluding hydrogens is 234 g/mol. The van der Waals surface area contributed by atoms with Gasteiger partial charge < -0.3 is 5.11 Å². The van der Waals surface area contributed by atoms with Crippen LogP contribution in [0.5, 0.6) is 0 Å². The minimum Gasteiger partial charge on any atom is -0.384 e. The van der Waals surface area contributed by atoms with Gasteiger partial charge in [-0.05, 0) is 35.4 Å². The summed E-state index contributed by atoms with van der Waals surface area (Å²) in [6.07, 6.45) is 2.17. The van der Waals surface area contributed by atoms with Gasteiger partial charge in [-0.1, -0.05) is 36.4 Å². The number of benzene rings is 2. The minimum atomic E-state index is -0.913. The summed E-state index contributed by atoms with van der Waals surface area (Å²) in [6, 6.07) is 11.7. The van der Waals surface area contributed by atoms with Gasteiger partial charge in [-0.3, -0.25) is 0 Å². The summed E-state index contributed by atoms with van der Waals surface area (Å²) < 4.78 is 25.9. The minimum absolute atomic E-state index is 0.336. The average Bonchev–Trinajstić information content (AvgIpc) is 2.36. The highest BCUT2D eigenvalue weighted by molar-refractivity contribution is 5.50. The van der Waals surface area contributed by atoms with Gasteiger partial charge in [-0.2, -0.15) is 0 Å². The Labute approximate surface area is 104 Å². The zero-order chi connectivity index (χ0) is 13.0. The molecule has 0 amide bonds. The molecule has 1 N–H and O–H groups in total. The predicted octanol–water partition coefficient (Wildman–Crippen LogP) is 3.71. The van der Waals surface area contributed by atoms with Gasteiger partial charge >= 0.3 is 0 Å². The lowest BCUT2D eigenvalue weighted by Crippen LogP contribution is -1.93. The topological polar surface area (TPSA) is 20.2 Å². The Morgan fingerprint density at radius 2 is 1.61 bits per heavy atom. The van der Waals surface area contributed by atoms with Gasteiger partial charge in [0.1, 0.15) is 11.6 Å². The highest BCUT2D eigenvalue weighted by atomic mass is 19.1. The Balaban J connectivity index is 2.14. The molecule has 0 spiro atoms. The molecule has 0 fully saturated rings. The van der Waals surface area contributed by atoms with Crippen LogP contribution in [0.4, 0.5) is 8.78 Å². The van der Waals surface area contributed by atoms with Crippen LogP contribution in [0.15, 0.2) is 54.6 Å². The fraction of sp³-hybridized carbons (Fsp3) is 0.0667. The van der Waals surface area contributed by atoms with E-state index in [1.54, 1.807) is 24.3 Å². The van der Waals surface area contributed by atoms with E-state index < -0.39 is 11.9 Å². The molecule has 0 bridgehead atoms. The summed E-state index contributed by atoms with van der Waals surface area (Å²) in [5.41, 5.74) is 1.10. The first-order valence-electron chi connectivity index (χ1n) is 5.52. The molecule has 0 aliphatic carbocycles. The van der Waals surface area contributed by atoms with Crippen LogP contribution < -0.4 is 0 Å². The molecule has 2 rings (SSSR count). The van der Waals surface area contributed by atoms with Crippen molar-refractivity contribution >= 4 is 6.08 Å². The summed E-state index contributed by atoms with van der Waals surface area (Å²) in [6.45, 7) is 0. The largest absolute Gasteiger partial charge is 0.384 e. The van der Waals surface area contributed by atoms with Crippen LogP contribution in [0.25, 0.3) is 6.08 Å². The van der Waals surface area contributed by atoms with Crippen molar-refractivity contribution in [2.45, 2.75) is 6.10 Å². The van der Waals surface area contributed by atoms with E-state index in [0.29, 0.717) is 11.1 Å². The zero-order valence-electron chi connectivity index (χ0n) is 9.55. The number of aliphatic hydroxyl groups excluding tert-OH is 1. The van der Waals surface area contributed by atoms with Crippen molar-refractivity contribution in [3.8, 4) is 0 Å². The normalized spacial score (nSPS) is 12.8. The smallest absolute Gasteiger partial charge is 0.123 e. The molecule has 92 valence electrons. The Bertz CT molecular complexity index is 564. The van der Waals surface area contributed by atoms with Crippen LogP contribution in [0, 0.1) is 11.6 Å². The van der Waals surface area contributed by atoms with Crippen molar-refractivity contribution in [2.75, 3.05) is 0 Å².